The van der Waals surface area contributed by atoms with Crippen molar-refractivity contribution in [2.45, 2.75) is 11.8 Å². The van der Waals surface area contributed by atoms with E-state index in [1.165, 1.54) is 11.0 Å². The van der Waals surface area contributed by atoms with Crippen molar-refractivity contribution in [3.63, 3.8) is 0 Å². The number of thioether (sulfide) groups is 1. The van der Waals surface area contributed by atoms with Gasteiger partial charge in [0.25, 0.3) is 0 Å². The molecule has 21 heavy (non-hydrogen) atoms. The van der Waals surface area contributed by atoms with Gasteiger partial charge in [0.1, 0.15) is 11.6 Å². The largest absolute Gasteiger partial charge is 0.481 e. The number of halogens is 2. The van der Waals surface area contributed by atoms with Gasteiger partial charge in [0.2, 0.25) is 5.91 Å². The van der Waals surface area contributed by atoms with E-state index in [0.717, 1.165) is 23.9 Å². The second kappa shape index (κ2) is 6.43. The van der Waals surface area contributed by atoms with E-state index in [9.17, 15) is 18.4 Å². The molecule has 2 atom stereocenters. The monoisotopic (exact) mass is 315 g/mol. The number of carbonyl (C=O) groups excluding carboxylic acids is 1. The van der Waals surface area contributed by atoms with Crippen LogP contribution >= 0.6 is 11.8 Å². The first-order chi connectivity index (χ1) is 9.88. The number of hydrogen-bond acceptors (Lipinski definition) is 3. The second-order valence-corrected chi connectivity index (χ2v) is 6.10. The van der Waals surface area contributed by atoms with Gasteiger partial charge in [-0.05, 0) is 18.1 Å². The van der Waals surface area contributed by atoms with Crippen LogP contribution in [0.1, 0.15) is 6.92 Å². The van der Waals surface area contributed by atoms with Gasteiger partial charge in [-0.2, -0.15) is 0 Å². The number of carboxylic acids is 1. The van der Waals surface area contributed by atoms with Gasteiger partial charge in [-0.1, -0.05) is 6.92 Å². The van der Waals surface area contributed by atoms with Crippen molar-refractivity contribution in [3.8, 4) is 0 Å². The third-order valence-corrected chi connectivity index (χ3v) is 4.56. The molecule has 1 fully saturated rings. The van der Waals surface area contributed by atoms with Gasteiger partial charge in [0.05, 0.1) is 11.7 Å². The van der Waals surface area contributed by atoms with Gasteiger partial charge >= 0.3 is 5.97 Å². The Hall–Kier alpha value is -1.63. The number of benzene rings is 1. The highest BCUT2D eigenvalue weighted by Gasteiger charge is 2.36. The summed E-state index contributed by atoms with van der Waals surface area (Å²) in [4.78, 5) is 24.7. The van der Waals surface area contributed by atoms with Crippen LogP contribution in [-0.2, 0) is 9.59 Å². The Morgan fingerprint density at radius 3 is 2.67 bits per heavy atom. The Bertz CT molecular complexity index is 567. The maximum Gasteiger partial charge on any atom is 0.308 e. The summed E-state index contributed by atoms with van der Waals surface area (Å²) in [5.41, 5.74) is 0. The van der Waals surface area contributed by atoms with Crippen molar-refractivity contribution < 1.29 is 23.5 Å². The first-order valence-electron chi connectivity index (χ1n) is 6.47. The molecule has 0 unspecified atom stereocenters. The molecule has 0 aliphatic carbocycles. The SMILES string of the molecule is C[C@@H]1CN(C(=O)CSc2ccc(F)cc2F)C[C@H]1C(=O)O. The van der Waals surface area contributed by atoms with Crippen LogP contribution in [0.25, 0.3) is 0 Å². The number of amides is 1. The molecule has 1 N–H and O–H groups in total. The summed E-state index contributed by atoms with van der Waals surface area (Å²) in [6, 6.07) is 3.19. The van der Waals surface area contributed by atoms with E-state index in [0.29, 0.717) is 6.54 Å². The molecular weight excluding hydrogens is 300 g/mol. The van der Waals surface area contributed by atoms with E-state index >= 15 is 0 Å². The van der Waals surface area contributed by atoms with E-state index in [2.05, 4.69) is 0 Å². The fraction of sp³-hybridized carbons (Fsp3) is 0.429. The predicted molar refractivity (Wildman–Crippen MR) is 74.0 cm³/mol. The van der Waals surface area contributed by atoms with Crippen molar-refractivity contribution in [2.24, 2.45) is 11.8 Å². The smallest absolute Gasteiger partial charge is 0.308 e. The molecule has 0 radical (unpaired) electrons. The molecule has 4 nitrogen and oxygen atoms in total. The summed E-state index contributed by atoms with van der Waals surface area (Å²) in [7, 11) is 0. The molecule has 0 spiro atoms. The van der Waals surface area contributed by atoms with Gasteiger partial charge in [-0.15, -0.1) is 11.8 Å². The first-order valence-corrected chi connectivity index (χ1v) is 7.45. The quantitative estimate of drug-likeness (QED) is 0.866. The Balaban J connectivity index is 1.92. The van der Waals surface area contributed by atoms with Crippen LogP contribution in [0.4, 0.5) is 8.78 Å². The van der Waals surface area contributed by atoms with Crippen molar-refractivity contribution in [2.75, 3.05) is 18.8 Å². The van der Waals surface area contributed by atoms with Crippen molar-refractivity contribution in [1.82, 2.24) is 4.90 Å². The van der Waals surface area contributed by atoms with Crippen molar-refractivity contribution in [3.05, 3.63) is 29.8 Å². The topological polar surface area (TPSA) is 57.6 Å². The lowest BCUT2D eigenvalue weighted by molar-refractivity contribution is -0.142. The fourth-order valence-corrected chi connectivity index (χ4v) is 3.14. The highest BCUT2D eigenvalue weighted by Crippen LogP contribution is 2.26. The van der Waals surface area contributed by atoms with E-state index in [-0.39, 0.29) is 29.0 Å². The molecule has 1 aromatic carbocycles. The average molecular weight is 315 g/mol. The standard InChI is InChI=1S/C14H15F2NO3S/c1-8-5-17(6-10(8)14(19)20)13(18)7-21-12-3-2-9(15)4-11(12)16/h2-4,8,10H,5-7H2,1H3,(H,19,20)/t8-,10-/m1/s1. The Morgan fingerprint density at radius 1 is 1.38 bits per heavy atom. The third kappa shape index (κ3) is 3.72. The van der Waals surface area contributed by atoms with E-state index in [4.69, 9.17) is 5.11 Å². The number of nitrogens with zero attached hydrogens (tertiary/aromatic N) is 1. The zero-order chi connectivity index (χ0) is 15.6. The van der Waals surface area contributed by atoms with Gasteiger partial charge in [0.15, 0.2) is 0 Å². The van der Waals surface area contributed by atoms with Gasteiger partial charge in [-0.3, -0.25) is 9.59 Å². The van der Waals surface area contributed by atoms with Crippen LogP contribution in [0.5, 0.6) is 0 Å². The molecule has 0 saturated carbocycles. The molecule has 1 aliphatic rings. The summed E-state index contributed by atoms with van der Waals surface area (Å²) >= 11 is 0.981. The highest BCUT2D eigenvalue weighted by atomic mass is 32.2. The molecule has 114 valence electrons. The fourth-order valence-electron chi connectivity index (χ4n) is 2.31. The number of likely N-dealkylation sites (tertiary alicyclic amines) is 1. The molecule has 1 amide bonds. The average Bonchev–Trinajstić information content (AvgIpc) is 2.80. The number of hydrogen-bond donors (Lipinski definition) is 1. The van der Waals surface area contributed by atoms with Crippen molar-refractivity contribution in [1.29, 1.82) is 0 Å². The number of aliphatic carboxylic acids is 1. The highest BCUT2D eigenvalue weighted by molar-refractivity contribution is 8.00. The molecule has 0 aromatic heterocycles. The molecule has 2 rings (SSSR count). The minimum Gasteiger partial charge on any atom is -0.481 e. The van der Waals surface area contributed by atoms with Crippen LogP contribution < -0.4 is 0 Å². The third-order valence-electron chi connectivity index (χ3n) is 3.53. The lowest BCUT2D eigenvalue weighted by Gasteiger charge is -2.15. The molecule has 7 heteroatoms. The van der Waals surface area contributed by atoms with Crippen LogP contribution in [0, 0.1) is 23.5 Å². The summed E-state index contributed by atoms with van der Waals surface area (Å²) in [5.74, 6) is -3.16. The van der Waals surface area contributed by atoms with Crippen LogP contribution in [0.15, 0.2) is 23.1 Å². The lowest BCUT2D eigenvalue weighted by atomic mass is 9.99. The molecular formula is C14H15F2NO3S. The lowest BCUT2D eigenvalue weighted by Crippen LogP contribution is -2.31. The van der Waals surface area contributed by atoms with Gasteiger partial charge < -0.3 is 10.0 Å². The molecule has 1 aromatic rings. The number of carboxylic acid groups (broad SMARTS) is 1. The molecule has 1 heterocycles. The van der Waals surface area contributed by atoms with Crippen molar-refractivity contribution >= 4 is 23.6 Å². The summed E-state index contributed by atoms with van der Waals surface area (Å²) in [6.45, 7) is 2.36. The molecule has 1 aliphatic heterocycles. The minimum atomic E-state index is -0.907. The number of rotatable bonds is 4. The summed E-state index contributed by atoms with van der Waals surface area (Å²) in [5, 5.41) is 9.03. The first kappa shape index (κ1) is 15.8. The van der Waals surface area contributed by atoms with Crippen LogP contribution in [0.3, 0.4) is 0 Å². The van der Waals surface area contributed by atoms with E-state index < -0.39 is 23.5 Å². The van der Waals surface area contributed by atoms with E-state index in [1.807, 2.05) is 0 Å². The zero-order valence-corrected chi connectivity index (χ0v) is 12.2. The van der Waals surface area contributed by atoms with Crippen LogP contribution in [-0.4, -0.2) is 40.7 Å². The maximum atomic E-state index is 13.4. The zero-order valence-electron chi connectivity index (χ0n) is 11.4. The maximum absolute atomic E-state index is 13.4. The van der Waals surface area contributed by atoms with Gasteiger partial charge in [-0.25, -0.2) is 8.78 Å². The normalized spacial score (nSPS) is 21.6. The van der Waals surface area contributed by atoms with Gasteiger partial charge in [0, 0.05) is 24.1 Å². The van der Waals surface area contributed by atoms with E-state index in [1.54, 1.807) is 6.92 Å². The predicted octanol–water partition coefficient (Wildman–Crippen LogP) is 2.24. The minimum absolute atomic E-state index is 0.00160. The Morgan fingerprint density at radius 2 is 2.10 bits per heavy atom. The number of carbonyl (C=O) groups is 2. The Kier molecular flexibility index (Phi) is 4.82. The summed E-state index contributed by atoms with van der Waals surface area (Å²) in [6.07, 6.45) is 0. The second-order valence-electron chi connectivity index (χ2n) is 5.08. The Labute approximate surface area is 125 Å². The van der Waals surface area contributed by atoms with Crippen LogP contribution in [0.2, 0.25) is 0 Å². The molecule has 0 bridgehead atoms. The summed E-state index contributed by atoms with van der Waals surface area (Å²) < 4.78 is 26.2. The molecule has 1 saturated heterocycles.